The first kappa shape index (κ1) is 30.3. The zero-order chi connectivity index (χ0) is 34.1. The molecule has 0 atom stereocenters. The minimum absolute atomic E-state index is 0.433. The van der Waals surface area contributed by atoms with Crippen molar-refractivity contribution in [2.45, 2.75) is 6.54 Å². The van der Waals surface area contributed by atoms with Gasteiger partial charge in [-0.2, -0.15) is 0 Å². The molecule has 242 valence electrons. The van der Waals surface area contributed by atoms with Crippen LogP contribution in [0.2, 0.25) is 0 Å². The maximum atomic E-state index is 6.50. The summed E-state index contributed by atoms with van der Waals surface area (Å²) in [7, 11) is 0. The molecule has 0 saturated heterocycles. The molecule has 0 fully saturated rings. The number of hydrogen-bond acceptors (Lipinski definition) is 2. The van der Waals surface area contributed by atoms with Crippen LogP contribution in [-0.4, -0.2) is 11.7 Å². The standard InChI is InChI=1S/C47H33N3O/c48-46(34-12-3-1-4-13-34)50-47(35-14-5-2-6-15-35)49-30-39-27-36-16-7-8-17-37(36)28-41(39)33-21-19-31(20-22-33)38-24-25-43-42(29-38)45-40-18-10-9-11-32(40)23-26-44(45)51-43/h1-29H,30H2,(H2,48,49,50). The molecule has 0 aliphatic rings. The monoisotopic (exact) mass is 655 g/mol. The molecule has 2 N–H and O–H groups in total. The van der Waals surface area contributed by atoms with Gasteiger partial charge in [-0.1, -0.05) is 146 Å². The zero-order valence-corrected chi connectivity index (χ0v) is 27.8. The first-order valence-corrected chi connectivity index (χ1v) is 17.1. The summed E-state index contributed by atoms with van der Waals surface area (Å²) in [6, 6.07) is 60.9. The van der Waals surface area contributed by atoms with E-state index in [1.807, 2.05) is 60.7 Å². The molecule has 4 nitrogen and oxygen atoms in total. The van der Waals surface area contributed by atoms with Gasteiger partial charge in [0.15, 0.2) is 5.84 Å². The van der Waals surface area contributed by atoms with Crippen molar-refractivity contribution in [3.8, 4) is 22.3 Å². The highest BCUT2D eigenvalue weighted by molar-refractivity contribution is 6.19. The van der Waals surface area contributed by atoms with Crippen LogP contribution in [0.4, 0.5) is 0 Å². The van der Waals surface area contributed by atoms with E-state index in [1.165, 1.54) is 21.5 Å². The third-order valence-electron chi connectivity index (χ3n) is 9.59. The van der Waals surface area contributed by atoms with Gasteiger partial charge in [0.2, 0.25) is 0 Å². The molecule has 1 aromatic heterocycles. The number of hydrogen-bond donors (Lipinski definition) is 1. The number of aliphatic imine (C=N–C) groups is 2. The van der Waals surface area contributed by atoms with Crippen molar-refractivity contribution in [2.24, 2.45) is 15.7 Å². The smallest absolute Gasteiger partial charge is 0.157 e. The first-order valence-electron chi connectivity index (χ1n) is 17.1. The Kier molecular flexibility index (Phi) is 7.67. The van der Waals surface area contributed by atoms with Gasteiger partial charge in [0.25, 0.3) is 0 Å². The Morgan fingerprint density at radius 3 is 1.86 bits per heavy atom. The van der Waals surface area contributed by atoms with Crippen molar-refractivity contribution in [2.75, 3.05) is 0 Å². The molecule has 51 heavy (non-hydrogen) atoms. The van der Waals surface area contributed by atoms with E-state index in [4.69, 9.17) is 20.1 Å². The molecule has 0 bridgehead atoms. The predicted molar refractivity (Wildman–Crippen MR) is 213 cm³/mol. The number of nitrogens with two attached hydrogens (primary N) is 1. The highest BCUT2D eigenvalue weighted by atomic mass is 16.3. The summed E-state index contributed by atoms with van der Waals surface area (Å²) >= 11 is 0. The lowest BCUT2D eigenvalue weighted by molar-refractivity contribution is 0.669. The highest BCUT2D eigenvalue weighted by Gasteiger charge is 2.14. The number of nitrogens with zero attached hydrogens (tertiary/aromatic N) is 2. The van der Waals surface area contributed by atoms with Gasteiger partial charge in [-0.25, -0.2) is 4.99 Å². The van der Waals surface area contributed by atoms with Gasteiger partial charge in [0.05, 0.1) is 6.54 Å². The largest absolute Gasteiger partial charge is 0.456 e. The Hall–Kier alpha value is -6.78. The van der Waals surface area contributed by atoms with Crippen LogP contribution < -0.4 is 5.73 Å². The molecule has 0 radical (unpaired) electrons. The van der Waals surface area contributed by atoms with E-state index < -0.39 is 0 Å². The van der Waals surface area contributed by atoms with Crippen LogP contribution in [0.15, 0.2) is 190 Å². The normalized spacial score (nSPS) is 12.3. The summed E-state index contributed by atoms with van der Waals surface area (Å²) in [6.07, 6.45) is 0. The van der Waals surface area contributed by atoms with Crippen LogP contribution in [-0.2, 0) is 6.54 Å². The summed E-state index contributed by atoms with van der Waals surface area (Å²) in [6.45, 7) is 0.440. The molecule has 0 saturated carbocycles. The summed E-state index contributed by atoms with van der Waals surface area (Å²) in [5.74, 6) is 1.03. The van der Waals surface area contributed by atoms with E-state index in [0.29, 0.717) is 18.2 Å². The van der Waals surface area contributed by atoms with E-state index in [-0.39, 0.29) is 0 Å². The van der Waals surface area contributed by atoms with Crippen molar-refractivity contribution in [3.05, 3.63) is 193 Å². The van der Waals surface area contributed by atoms with Crippen LogP contribution in [0.1, 0.15) is 16.7 Å². The second-order valence-corrected chi connectivity index (χ2v) is 12.8. The maximum Gasteiger partial charge on any atom is 0.157 e. The summed E-state index contributed by atoms with van der Waals surface area (Å²) in [4.78, 5) is 9.93. The van der Waals surface area contributed by atoms with Gasteiger partial charge in [-0.3, -0.25) is 4.99 Å². The maximum absolute atomic E-state index is 6.50. The van der Waals surface area contributed by atoms with Crippen molar-refractivity contribution in [1.29, 1.82) is 0 Å². The van der Waals surface area contributed by atoms with E-state index in [0.717, 1.165) is 60.9 Å². The lowest BCUT2D eigenvalue weighted by Crippen LogP contribution is -2.16. The second kappa shape index (κ2) is 12.9. The third-order valence-corrected chi connectivity index (χ3v) is 9.59. The molecule has 0 unspecified atom stereocenters. The van der Waals surface area contributed by atoms with Gasteiger partial charge in [-0.15, -0.1) is 0 Å². The molecule has 9 aromatic rings. The van der Waals surface area contributed by atoms with Gasteiger partial charge < -0.3 is 10.2 Å². The average Bonchev–Trinajstić information content (AvgIpc) is 3.58. The predicted octanol–water partition coefficient (Wildman–Crippen LogP) is 11.6. The second-order valence-electron chi connectivity index (χ2n) is 12.8. The lowest BCUT2D eigenvalue weighted by Gasteiger charge is -2.13. The van der Waals surface area contributed by atoms with E-state index in [9.17, 15) is 0 Å². The fourth-order valence-electron chi connectivity index (χ4n) is 6.98. The van der Waals surface area contributed by atoms with Crippen LogP contribution >= 0.6 is 0 Å². The Morgan fingerprint density at radius 1 is 0.490 bits per heavy atom. The molecular formula is C47H33N3O. The minimum atomic E-state index is 0.433. The summed E-state index contributed by atoms with van der Waals surface area (Å²) in [5.41, 5.74) is 15.8. The fourth-order valence-corrected chi connectivity index (χ4v) is 6.98. The number of amidine groups is 2. The molecule has 8 aromatic carbocycles. The topological polar surface area (TPSA) is 63.9 Å². The SMILES string of the molecule is N/C(=N\C(=N/Cc1cc2ccccc2cc1-c1ccc(-c2ccc3oc4ccc5ccccc5c4c3c2)cc1)c1ccccc1)c1ccccc1. The third kappa shape index (κ3) is 5.83. The molecule has 9 rings (SSSR count). The van der Waals surface area contributed by atoms with Crippen molar-refractivity contribution < 1.29 is 4.42 Å². The summed E-state index contributed by atoms with van der Waals surface area (Å²) in [5, 5.41) is 7.06. The number of benzene rings is 8. The van der Waals surface area contributed by atoms with Crippen LogP contribution in [0.5, 0.6) is 0 Å². The lowest BCUT2D eigenvalue weighted by atomic mass is 9.93. The molecular weight excluding hydrogens is 623 g/mol. The Labute approximate surface area is 295 Å². The Bertz CT molecular complexity index is 2760. The average molecular weight is 656 g/mol. The van der Waals surface area contributed by atoms with Gasteiger partial charge in [-0.05, 0) is 79.7 Å². The number of rotatable bonds is 6. The number of fused-ring (bicyclic) bond motifs is 6. The molecule has 0 aliphatic heterocycles. The molecule has 0 spiro atoms. The van der Waals surface area contributed by atoms with E-state index >= 15 is 0 Å². The van der Waals surface area contributed by atoms with Crippen LogP contribution in [0.25, 0.3) is 65.7 Å². The first-order chi connectivity index (χ1) is 25.2. The van der Waals surface area contributed by atoms with E-state index in [2.05, 4.69) is 115 Å². The van der Waals surface area contributed by atoms with Gasteiger partial charge in [0, 0.05) is 21.9 Å². The summed E-state index contributed by atoms with van der Waals surface area (Å²) < 4.78 is 6.26. The van der Waals surface area contributed by atoms with Crippen molar-refractivity contribution >= 4 is 55.2 Å². The minimum Gasteiger partial charge on any atom is -0.456 e. The molecule has 0 amide bonds. The number of furan rings is 1. The Balaban J connectivity index is 1.11. The Morgan fingerprint density at radius 2 is 1.10 bits per heavy atom. The highest BCUT2D eigenvalue weighted by Crippen LogP contribution is 2.37. The fraction of sp³-hybridized carbons (Fsp3) is 0.0213. The van der Waals surface area contributed by atoms with Gasteiger partial charge >= 0.3 is 0 Å². The zero-order valence-electron chi connectivity index (χ0n) is 27.8. The van der Waals surface area contributed by atoms with Crippen molar-refractivity contribution in [3.63, 3.8) is 0 Å². The van der Waals surface area contributed by atoms with Gasteiger partial charge in [0.1, 0.15) is 17.0 Å². The molecule has 4 heteroatoms. The quantitative estimate of drug-likeness (QED) is 0.143. The van der Waals surface area contributed by atoms with E-state index in [1.54, 1.807) is 0 Å². The molecule has 1 heterocycles. The van der Waals surface area contributed by atoms with Crippen LogP contribution in [0, 0.1) is 0 Å². The molecule has 0 aliphatic carbocycles. The van der Waals surface area contributed by atoms with Crippen LogP contribution in [0.3, 0.4) is 0 Å². The van der Waals surface area contributed by atoms with Crippen molar-refractivity contribution in [1.82, 2.24) is 0 Å².